The molecule has 1 unspecified atom stereocenters. The SMILES string of the molecule is CCCCCCCCCCCCCCCCC(=O)O[C@H](COC(=O)CCCC)COP(=O)(O)OCCN. The lowest BCUT2D eigenvalue weighted by atomic mass is 10.0. The fourth-order valence-electron chi connectivity index (χ4n) is 3.79. The number of carbonyl (C=O) groups is 2. The second-order valence-electron chi connectivity index (χ2n) is 9.63. The van der Waals surface area contributed by atoms with Crippen LogP contribution >= 0.6 is 7.82 Å². The first-order chi connectivity index (χ1) is 17.8. The Morgan fingerprint density at radius 1 is 0.703 bits per heavy atom. The summed E-state index contributed by atoms with van der Waals surface area (Å²) in [6.07, 6.45) is 18.2. The minimum atomic E-state index is -4.34. The van der Waals surface area contributed by atoms with Gasteiger partial charge in [0.05, 0.1) is 13.2 Å². The van der Waals surface area contributed by atoms with E-state index >= 15 is 0 Å². The average Bonchev–Trinajstić information content (AvgIpc) is 2.88. The van der Waals surface area contributed by atoms with E-state index in [0.29, 0.717) is 12.8 Å². The Bertz CT molecular complexity index is 605. The molecule has 0 aliphatic rings. The van der Waals surface area contributed by atoms with Crippen molar-refractivity contribution < 1.29 is 37.6 Å². The number of esters is 2. The van der Waals surface area contributed by atoms with Crippen molar-refractivity contribution in [1.29, 1.82) is 0 Å². The van der Waals surface area contributed by atoms with E-state index in [2.05, 4.69) is 11.4 Å². The lowest BCUT2D eigenvalue weighted by Crippen LogP contribution is -2.29. The molecule has 0 fully saturated rings. The van der Waals surface area contributed by atoms with Gasteiger partial charge in [-0.25, -0.2) is 4.57 Å². The van der Waals surface area contributed by atoms with Crippen LogP contribution in [0, 0.1) is 0 Å². The monoisotopic (exact) mass is 551 g/mol. The fourth-order valence-corrected chi connectivity index (χ4v) is 4.55. The van der Waals surface area contributed by atoms with Gasteiger partial charge in [0.15, 0.2) is 6.10 Å². The van der Waals surface area contributed by atoms with E-state index in [1.54, 1.807) is 0 Å². The van der Waals surface area contributed by atoms with Crippen molar-refractivity contribution >= 4 is 19.8 Å². The predicted molar refractivity (Wildman–Crippen MR) is 146 cm³/mol. The summed E-state index contributed by atoms with van der Waals surface area (Å²) < 4.78 is 32.0. The van der Waals surface area contributed by atoms with Crippen molar-refractivity contribution in [3.8, 4) is 0 Å². The van der Waals surface area contributed by atoms with Gasteiger partial charge in [0.25, 0.3) is 0 Å². The third kappa shape index (κ3) is 25.1. The summed E-state index contributed by atoms with van der Waals surface area (Å²) in [4.78, 5) is 33.8. The maximum absolute atomic E-state index is 12.3. The third-order valence-electron chi connectivity index (χ3n) is 5.99. The lowest BCUT2D eigenvalue weighted by Gasteiger charge is -2.19. The highest BCUT2D eigenvalue weighted by Crippen LogP contribution is 2.43. The van der Waals surface area contributed by atoms with Gasteiger partial charge in [-0.2, -0.15) is 0 Å². The standard InChI is InChI=1S/C27H54NO8P/c1-3-5-7-8-9-10-11-12-13-14-15-16-17-18-20-27(30)36-25(23-33-26(29)19-6-4-2)24-35-37(31,32)34-22-21-28/h25H,3-24,28H2,1-2H3,(H,31,32)/t25-/m1/s1. The molecule has 0 amide bonds. The molecular formula is C27H54NO8P. The van der Waals surface area contributed by atoms with E-state index < -0.39 is 32.5 Å². The first-order valence-corrected chi connectivity index (χ1v) is 16.0. The lowest BCUT2D eigenvalue weighted by molar-refractivity contribution is -0.161. The van der Waals surface area contributed by atoms with Gasteiger partial charge in [-0.1, -0.05) is 104 Å². The average molecular weight is 552 g/mol. The molecule has 2 atom stereocenters. The first-order valence-electron chi connectivity index (χ1n) is 14.5. The van der Waals surface area contributed by atoms with E-state index in [4.69, 9.17) is 19.7 Å². The summed E-state index contributed by atoms with van der Waals surface area (Å²) in [5.74, 6) is -0.866. The minimum Gasteiger partial charge on any atom is -0.462 e. The molecule has 0 aliphatic heterocycles. The van der Waals surface area contributed by atoms with Crippen molar-refractivity contribution in [3.05, 3.63) is 0 Å². The van der Waals surface area contributed by atoms with E-state index in [1.165, 1.54) is 70.6 Å². The van der Waals surface area contributed by atoms with Crippen LogP contribution in [0.1, 0.15) is 129 Å². The molecule has 0 heterocycles. The fraction of sp³-hybridized carbons (Fsp3) is 0.926. The number of unbranched alkanes of at least 4 members (excludes halogenated alkanes) is 14. The van der Waals surface area contributed by atoms with Crippen LogP contribution in [0.5, 0.6) is 0 Å². The molecule has 0 rings (SSSR count). The summed E-state index contributed by atoms with van der Waals surface area (Å²) in [5, 5.41) is 0. The summed E-state index contributed by atoms with van der Waals surface area (Å²) >= 11 is 0. The van der Waals surface area contributed by atoms with E-state index in [1.807, 2.05) is 6.92 Å². The molecule has 9 nitrogen and oxygen atoms in total. The number of carbonyl (C=O) groups excluding carboxylic acids is 2. The molecule has 3 N–H and O–H groups in total. The number of rotatable bonds is 27. The van der Waals surface area contributed by atoms with E-state index in [-0.39, 0.29) is 32.6 Å². The number of hydrogen-bond acceptors (Lipinski definition) is 8. The van der Waals surface area contributed by atoms with Gasteiger partial charge in [0, 0.05) is 19.4 Å². The number of hydrogen-bond donors (Lipinski definition) is 2. The second-order valence-corrected chi connectivity index (χ2v) is 11.1. The molecule has 0 bridgehead atoms. The largest absolute Gasteiger partial charge is 0.472 e. The molecule has 0 aromatic carbocycles. The van der Waals surface area contributed by atoms with Gasteiger partial charge in [-0.05, 0) is 12.8 Å². The summed E-state index contributed by atoms with van der Waals surface area (Å²) in [6.45, 7) is 3.44. The zero-order chi connectivity index (χ0) is 27.6. The predicted octanol–water partition coefficient (Wildman–Crippen LogP) is 6.60. The molecule has 0 aromatic heterocycles. The molecule has 0 spiro atoms. The van der Waals surface area contributed by atoms with Crippen molar-refractivity contribution in [1.82, 2.24) is 0 Å². The molecule has 37 heavy (non-hydrogen) atoms. The van der Waals surface area contributed by atoms with Crippen LogP contribution < -0.4 is 5.73 Å². The van der Waals surface area contributed by atoms with E-state index in [0.717, 1.165) is 19.3 Å². The van der Waals surface area contributed by atoms with Crippen molar-refractivity contribution in [2.24, 2.45) is 5.73 Å². The number of ether oxygens (including phenoxy) is 2. The van der Waals surface area contributed by atoms with Crippen LogP contribution in [0.25, 0.3) is 0 Å². The van der Waals surface area contributed by atoms with Crippen molar-refractivity contribution in [2.45, 2.75) is 136 Å². The molecular weight excluding hydrogens is 497 g/mol. The van der Waals surface area contributed by atoms with Gasteiger partial charge in [0.1, 0.15) is 6.61 Å². The van der Waals surface area contributed by atoms with E-state index in [9.17, 15) is 19.0 Å². The summed E-state index contributed by atoms with van der Waals surface area (Å²) in [5.41, 5.74) is 5.27. The van der Waals surface area contributed by atoms with Crippen LogP contribution in [0.15, 0.2) is 0 Å². The molecule has 10 heteroatoms. The highest BCUT2D eigenvalue weighted by atomic mass is 31.2. The van der Waals surface area contributed by atoms with Crippen molar-refractivity contribution in [3.63, 3.8) is 0 Å². The highest BCUT2D eigenvalue weighted by molar-refractivity contribution is 7.47. The summed E-state index contributed by atoms with van der Waals surface area (Å²) in [7, 11) is -4.34. The molecule has 0 radical (unpaired) electrons. The Morgan fingerprint density at radius 2 is 1.19 bits per heavy atom. The van der Waals surface area contributed by atoms with Crippen LogP contribution in [-0.2, 0) is 32.7 Å². The first kappa shape index (κ1) is 36.0. The van der Waals surface area contributed by atoms with Crippen molar-refractivity contribution in [2.75, 3.05) is 26.4 Å². The molecule has 0 aliphatic carbocycles. The number of nitrogens with two attached hydrogens (primary N) is 1. The van der Waals surface area contributed by atoms with Crippen LogP contribution in [0.4, 0.5) is 0 Å². The smallest absolute Gasteiger partial charge is 0.462 e. The molecule has 0 aromatic rings. The number of phosphoric ester groups is 1. The zero-order valence-electron chi connectivity index (χ0n) is 23.5. The molecule has 0 saturated heterocycles. The van der Waals surface area contributed by atoms with Gasteiger partial charge in [-0.15, -0.1) is 0 Å². The van der Waals surface area contributed by atoms with Gasteiger partial charge >= 0.3 is 19.8 Å². The van der Waals surface area contributed by atoms with Gasteiger partial charge < -0.3 is 20.1 Å². The van der Waals surface area contributed by atoms with Crippen LogP contribution in [0.3, 0.4) is 0 Å². The Hall–Kier alpha value is -0.990. The third-order valence-corrected chi connectivity index (χ3v) is 6.98. The Morgan fingerprint density at radius 3 is 1.70 bits per heavy atom. The maximum Gasteiger partial charge on any atom is 0.472 e. The Kier molecular flexibility index (Phi) is 24.6. The highest BCUT2D eigenvalue weighted by Gasteiger charge is 2.25. The quantitative estimate of drug-likeness (QED) is 0.0658. The maximum atomic E-state index is 12.3. The number of phosphoric acid groups is 1. The Labute approximate surface area is 225 Å². The summed E-state index contributed by atoms with van der Waals surface area (Å²) in [6, 6.07) is 0. The Balaban J connectivity index is 4.09. The zero-order valence-corrected chi connectivity index (χ0v) is 24.4. The topological polar surface area (TPSA) is 134 Å². The minimum absolute atomic E-state index is 0.0561. The second kappa shape index (κ2) is 25.3. The normalized spacial score (nSPS) is 13.7. The molecule has 0 saturated carbocycles. The van der Waals surface area contributed by atoms with Gasteiger partial charge in [-0.3, -0.25) is 18.6 Å². The van der Waals surface area contributed by atoms with Gasteiger partial charge in [0.2, 0.25) is 0 Å². The van der Waals surface area contributed by atoms with Crippen LogP contribution in [0.2, 0.25) is 0 Å². The molecule has 220 valence electrons. The van der Waals surface area contributed by atoms with Crippen LogP contribution in [-0.4, -0.2) is 49.3 Å².